The van der Waals surface area contributed by atoms with E-state index >= 15 is 0 Å². The molecule has 1 saturated heterocycles. The molecule has 0 spiro atoms. The molecular formula is C16H18N2O6S. The number of ether oxygens (including phenoxy) is 2. The van der Waals surface area contributed by atoms with Gasteiger partial charge in [-0.15, -0.1) is 0 Å². The lowest BCUT2D eigenvalue weighted by atomic mass is 10.2. The molecular weight excluding hydrogens is 348 g/mol. The molecule has 1 aromatic heterocycles. The van der Waals surface area contributed by atoms with Crippen LogP contribution in [0.2, 0.25) is 0 Å². The lowest BCUT2D eigenvalue weighted by molar-refractivity contribution is 0.0464. The highest BCUT2D eigenvalue weighted by atomic mass is 32.2. The van der Waals surface area contributed by atoms with Crippen molar-refractivity contribution in [3.8, 4) is 0 Å². The van der Waals surface area contributed by atoms with Gasteiger partial charge in [0.15, 0.2) is 0 Å². The first kappa shape index (κ1) is 17.6. The highest BCUT2D eigenvalue weighted by molar-refractivity contribution is 7.89. The van der Waals surface area contributed by atoms with Crippen LogP contribution in [-0.4, -0.2) is 50.2 Å². The van der Waals surface area contributed by atoms with Crippen LogP contribution in [0.3, 0.4) is 0 Å². The van der Waals surface area contributed by atoms with E-state index in [4.69, 9.17) is 14.0 Å². The van der Waals surface area contributed by atoms with Gasteiger partial charge in [0.05, 0.1) is 23.7 Å². The van der Waals surface area contributed by atoms with Crippen LogP contribution in [0.25, 0.3) is 0 Å². The van der Waals surface area contributed by atoms with Gasteiger partial charge in [-0.05, 0) is 31.2 Å². The molecule has 1 aromatic carbocycles. The molecule has 0 aliphatic carbocycles. The van der Waals surface area contributed by atoms with Crippen molar-refractivity contribution in [1.29, 1.82) is 0 Å². The average Bonchev–Trinajstić information content (AvgIpc) is 3.06. The largest absolute Gasteiger partial charge is 0.455 e. The fourth-order valence-electron chi connectivity index (χ4n) is 2.41. The summed E-state index contributed by atoms with van der Waals surface area (Å²) in [7, 11) is -3.58. The smallest absolute Gasteiger partial charge is 0.338 e. The van der Waals surface area contributed by atoms with Gasteiger partial charge in [-0.1, -0.05) is 5.16 Å². The second-order valence-corrected chi connectivity index (χ2v) is 7.48. The highest BCUT2D eigenvalue weighted by Crippen LogP contribution is 2.18. The number of rotatable bonds is 5. The van der Waals surface area contributed by atoms with Gasteiger partial charge in [0, 0.05) is 19.2 Å². The molecule has 25 heavy (non-hydrogen) atoms. The Morgan fingerprint density at radius 3 is 2.52 bits per heavy atom. The first-order valence-corrected chi connectivity index (χ1v) is 9.18. The number of hydrogen-bond acceptors (Lipinski definition) is 7. The Hall–Kier alpha value is -2.23. The van der Waals surface area contributed by atoms with Crippen LogP contribution in [-0.2, 0) is 26.1 Å². The number of carbonyl (C=O) groups excluding carboxylic acids is 1. The molecule has 2 aromatic rings. The van der Waals surface area contributed by atoms with Gasteiger partial charge < -0.3 is 14.0 Å². The molecule has 1 aliphatic heterocycles. The Morgan fingerprint density at radius 2 is 1.92 bits per heavy atom. The van der Waals surface area contributed by atoms with Crippen LogP contribution in [0.15, 0.2) is 39.8 Å². The van der Waals surface area contributed by atoms with Gasteiger partial charge in [0.2, 0.25) is 10.0 Å². The van der Waals surface area contributed by atoms with Crippen molar-refractivity contribution in [2.45, 2.75) is 18.4 Å². The van der Waals surface area contributed by atoms with E-state index in [0.29, 0.717) is 37.8 Å². The van der Waals surface area contributed by atoms with Crippen molar-refractivity contribution < 1.29 is 27.2 Å². The first-order valence-electron chi connectivity index (χ1n) is 7.74. The SMILES string of the molecule is Cc1cc(COC(=O)c2ccc(S(=O)(=O)N3CCOCC3)cc2)no1. The van der Waals surface area contributed by atoms with Crippen molar-refractivity contribution in [3.05, 3.63) is 47.3 Å². The van der Waals surface area contributed by atoms with Crippen molar-refractivity contribution in [3.63, 3.8) is 0 Å². The molecule has 0 unspecified atom stereocenters. The molecule has 0 atom stereocenters. The number of morpholine rings is 1. The maximum absolute atomic E-state index is 12.5. The van der Waals surface area contributed by atoms with E-state index in [0.717, 1.165) is 0 Å². The minimum atomic E-state index is -3.58. The van der Waals surface area contributed by atoms with E-state index in [2.05, 4.69) is 5.16 Å². The van der Waals surface area contributed by atoms with E-state index in [1.54, 1.807) is 13.0 Å². The quantitative estimate of drug-likeness (QED) is 0.737. The third-order valence-electron chi connectivity index (χ3n) is 3.73. The topological polar surface area (TPSA) is 98.9 Å². The van der Waals surface area contributed by atoms with Crippen LogP contribution in [0, 0.1) is 6.92 Å². The molecule has 3 rings (SSSR count). The summed E-state index contributed by atoms with van der Waals surface area (Å²) in [6.07, 6.45) is 0. The molecule has 0 radical (unpaired) electrons. The van der Waals surface area contributed by atoms with Gasteiger partial charge in [-0.3, -0.25) is 0 Å². The van der Waals surface area contributed by atoms with Crippen molar-refractivity contribution in [2.75, 3.05) is 26.3 Å². The molecule has 0 N–H and O–H groups in total. The van der Waals surface area contributed by atoms with Gasteiger partial charge in [0.25, 0.3) is 0 Å². The molecule has 9 heteroatoms. The summed E-state index contributed by atoms with van der Waals surface area (Å²) in [5.41, 5.74) is 0.776. The predicted octanol–water partition coefficient (Wildman–Crippen LogP) is 1.36. The Labute approximate surface area is 145 Å². The Morgan fingerprint density at radius 1 is 1.24 bits per heavy atom. The molecule has 8 nitrogen and oxygen atoms in total. The second kappa shape index (κ2) is 7.34. The standard InChI is InChI=1S/C16H18N2O6S/c1-12-10-14(17-24-12)11-23-16(19)13-2-4-15(5-3-13)25(20,21)18-6-8-22-9-7-18/h2-5,10H,6-9,11H2,1H3. The van der Waals surface area contributed by atoms with Crippen LogP contribution in [0.5, 0.6) is 0 Å². The minimum absolute atomic E-state index is 0.00992. The number of nitrogens with zero attached hydrogens (tertiary/aromatic N) is 2. The normalized spacial score (nSPS) is 15.9. The second-order valence-electron chi connectivity index (χ2n) is 5.55. The number of benzene rings is 1. The molecule has 0 bridgehead atoms. The van der Waals surface area contributed by atoms with Crippen molar-refractivity contribution in [2.24, 2.45) is 0 Å². The Bertz CT molecular complexity index is 838. The van der Waals surface area contributed by atoms with Crippen LogP contribution in [0.4, 0.5) is 0 Å². The fourth-order valence-corrected chi connectivity index (χ4v) is 3.82. The van der Waals surface area contributed by atoms with Crippen LogP contribution in [0.1, 0.15) is 21.8 Å². The maximum Gasteiger partial charge on any atom is 0.338 e. The van der Waals surface area contributed by atoms with E-state index in [1.807, 2.05) is 0 Å². The average molecular weight is 366 g/mol. The minimum Gasteiger partial charge on any atom is -0.455 e. The maximum atomic E-state index is 12.5. The van der Waals surface area contributed by atoms with Crippen molar-refractivity contribution in [1.82, 2.24) is 9.46 Å². The van der Waals surface area contributed by atoms with E-state index in [1.165, 1.54) is 28.6 Å². The molecule has 2 heterocycles. The monoisotopic (exact) mass is 366 g/mol. The number of aryl methyl sites for hydroxylation is 1. The summed E-state index contributed by atoms with van der Waals surface area (Å²) in [5, 5.41) is 3.73. The number of aromatic nitrogens is 1. The Kier molecular flexibility index (Phi) is 5.16. The lowest BCUT2D eigenvalue weighted by Gasteiger charge is -2.26. The van der Waals surface area contributed by atoms with E-state index < -0.39 is 16.0 Å². The summed E-state index contributed by atoms with van der Waals surface area (Å²) in [4.78, 5) is 12.2. The summed E-state index contributed by atoms with van der Waals surface area (Å²) < 4.78 is 41.6. The summed E-state index contributed by atoms with van der Waals surface area (Å²) in [5.74, 6) is 0.0692. The number of esters is 1. The number of hydrogen-bond donors (Lipinski definition) is 0. The first-order chi connectivity index (χ1) is 12.0. The summed E-state index contributed by atoms with van der Waals surface area (Å²) in [6.45, 7) is 3.14. The van der Waals surface area contributed by atoms with Crippen LogP contribution >= 0.6 is 0 Å². The van der Waals surface area contributed by atoms with Gasteiger partial charge in [0.1, 0.15) is 18.1 Å². The van der Waals surface area contributed by atoms with E-state index in [9.17, 15) is 13.2 Å². The fraction of sp³-hybridized carbons (Fsp3) is 0.375. The zero-order valence-electron chi connectivity index (χ0n) is 13.7. The Balaban J connectivity index is 1.65. The highest BCUT2D eigenvalue weighted by Gasteiger charge is 2.26. The third kappa shape index (κ3) is 4.06. The molecule has 0 amide bonds. The molecule has 1 fully saturated rings. The molecule has 1 aliphatic rings. The van der Waals surface area contributed by atoms with Crippen molar-refractivity contribution >= 4 is 16.0 Å². The van der Waals surface area contributed by atoms with Crippen LogP contribution < -0.4 is 0 Å². The number of carbonyl (C=O) groups is 1. The summed E-state index contributed by atoms with van der Waals surface area (Å²) in [6, 6.07) is 7.35. The third-order valence-corrected chi connectivity index (χ3v) is 5.64. The van der Waals surface area contributed by atoms with Gasteiger partial charge >= 0.3 is 5.97 Å². The zero-order chi connectivity index (χ0) is 17.9. The molecule has 134 valence electrons. The summed E-state index contributed by atoms with van der Waals surface area (Å²) >= 11 is 0. The van der Waals surface area contributed by atoms with E-state index in [-0.39, 0.29) is 17.1 Å². The lowest BCUT2D eigenvalue weighted by Crippen LogP contribution is -2.40. The van der Waals surface area contributed by atoms with Gasteiger partial charge in [-0.2, -0.15) is 4.31 Å². The zero-order valence-corrected chi connectivity index (χ0v) is 14.5. The van der Waals surface area contributed by atoms with Gasteiger partial charge in [-0.25, -0.2) is 13.2 Å². The number of sulfonamides is 1. The predicted molar refractivity (Wildman–Crippen MR) is 86.4 cm³/mol. The molecule has 0 saturated carbocycles.